The molecule has 1 aromatic heterocycles. The quantitative estimate of drug-likeness (QED) is 0.496. The maximum atomic E-state index is 11.0. The van der Waals surface area contributed by atoms with Crippen LogP contribution in [0.2, 0.25) is 0 Å². The SMILES string of the molecule is N#Cc1cn(-c2ccc(C(=O)O)cc2)cc1-c1cccc(Oc2ccccc2)c1. The molecule has 1 N–H and O–H groups in total. The fourth-order valence-electron chi connectivity index (χ4n) is 3.05. The topological polar surface area (TPSA) is 75.2 Å². The predicted molar refractivity (Wildman–Crippen MR) is 109 cm³/mol. The molecule has 0 aliphatic heterocycles. The van der Waals surface area contributed by atoms with E-state index < -0.39 is 5.97 Å². The number of carboxylic acid groups (broad SMARTS) is 1. The highest BCUT2D eigenvalue weighted by atomic mass is 16.5. The molecule has 4 rings (SSSR count). The van der Waals surface area contributed by atoms with Gasteiger partial charge in [-0.15, -0.1) is 0 Å². The van der Waals surface area contributed by atoms with E-state index in [2.05, 4.69) is 6.07 Å². The zero-order chi connectivity index (χ0) is 20.2. The van der Waals surface area contributed by atoms with Crippen LogP contribution in [0, 0.1) is 11.3 Å². The molecule has 0 aliphatic rings. The first-order chi connectivity index (χ1) is 14.1. The van der Waals surface area contributed by atoms with Crippen LogP contribution in [-0.4, -0.2) is 15.6 Å². The number of hydrogen-bond acceptors (Lipinski definition) is 3. The van der Waals surface area contributed by atoms with Gasteiger partial charge >= 0.3 is 5.97 Å². The van der Waals surface area contributed by atoms with E-state index in [0.717, 1.165) is 22.6 Å². The number of nitrogens with zero attached hydrogens (tertiary/aromatic N) is 2. The normalized spacial score (nSPS) is 10.3. The Morgan fingerprint density at radius 1 is 0.897 bits per heavy atom. The molecule has 140 valence electrons. The minimum Gasteiger partial charge on any atom is -0.478 e. The molecule has 5 nitrogen and oxygen atoms in total. The molecule has 29 heavy (non-hydrogen) atoms. The summed E-state index contributed by atoms with van der Waals surface area (Å²) in [4.78, 5) is 11.0. The van der Waals surface area contributed by atoms with E-state index in [1.54, 1.807) is 18.3 Å². The van der Waals surface area contributed by atoms with E-state index in [9.17, 15) is 10.1 Å². The highest BCUT2D eigenvalue weighted by Crippen LogP contribution is 2.30. The van der Waals surface area contributed by atoms with Crippen LogP contribution in [0.25, 0.3) is 16.8 Å². The summed E-state index contributed by atoms with van der Waals surface area (Å²) in [6.07, 6.45) is 3.59. The van der Waals surface area contributed by atoms with E-state index >= 15 is 0 Å². The Hall–Kier alpha value is -4.30. The zero-order valence-corrected chi connectivity index (χ0v) is 15.3. The standard InChI is InChI=1S/C24H16N2O3/c25-14-19-15-26(20-11-9-17(10-12-20)24(27)28)16-23(19)18-5-4-8-22(13-18)29-21-6-2-1-3-7-21/h1-13,15-16H,(H,27,28). The van der Waals surface area contributed by atoms with Crippen molar-refractivity contribution in [2.24, 2.45) is 0 Å². The summed E-state index contributed by atoms with van der Waals surface area (Å²) in [5.41, 5.74) is 3.13. The van der Waals surface area contributed by atoms with Gasteiger partial charge in [0.15, 0.2) is 0 Å². The Labute approximate surface area is 167 Å². The van der Waals surface area contributed by atoms with Gasteiger partial charge in [0.05, 0.1) is 11.1 Å². The molecule has 5 heteroatoms. The lowest BCUT2D eigenvalue weighted by Crippen LogP contribution is -1.97. The molecular weight excluding hydrogens is 364 g/mol. The number of para-hydroxylation sites is 1. The molecule has 3 aromatic carbocycles. The fourth-order valence-corrected chi connectivity index (χ4v) is 3.05. The predicted octanol–water partition coefficient (Wildman–Crippen LogP) is 5.51. The van der Waals surface area contributed by atoms with Crippen molar-refractivity contribution in [3.05, 3.63) is 102 Å². The lowest BCUT2D eigenvalue weighted by atomic mass is 10.1. The number of hydrogen-bond donors (Lipinski definition) is 1. The number of carbonyl (C=O) groups is 1. The minimum atomic E-state index is -0.974. The van der Waals surface area contributed by atoms with Gasteiger partial charge in [-0.25, -0.2) is 4.79 Å². The van der Waals surface area contributed by atoms with Gasteiger partial charge in [0.1, 0.15) is 17.6 Å². The first kappa shape index (κ1) is 18.1. The van der Waals surface area contributed by atoms with Crippen LogP contribution >= 0.6 is 0 Å². The maximum Gasteiger partial charge on any atom is 0.335 e. The van der Waals surface area contributed by atoms with Crippen molar-refractivity contribution in [1.29, 1.82) is 5.26 Å². The molecule has 0 amide bonds. The lowest BCUT2D eigenvalue weighted by Gasteiger charge is -2.07. The highest BCUT2D eigenvalue weighted by Gasteiger charge is 2.12. The summed E-state index contributed by atoms with van der Waals surface area (Å²) in [5.74, 6) is 0.440. The molecule has 1 heterocycles. The van der Waals surface area contributed by atoms with Crippen LogP contribution in [-0.2, 0) is 0 Å². The highest BCUT2D eigenvalue weighted by molar-refractivity contribution is 5.87. The number of carboxylic acids is 1. The van der Waals surface area contributed by atoms with E-state index in [1.807, 2.05) is 65.4 Å². The third kappa shape index (κ3) is 3.87. The van der Waals surface area contributed by atoms with Crippen LogP contribution in [0.5, 0.6) is 11.5 Å². The molecular formula is C24H16N2O3. The van der Waals surface area contributed by atoms with Crippen molar-refractivity contribution in [3.63, 3.8) is 0 Å². The Kier molecular flexibility index (Phi) is 4.83. The van der Waals surface area contributed by atoms with Crippen LogP contribution in [0.1, 0.15) is 15.9 Å². The molecule has 0 radical (unpaired) electrons. The molecule has 0 bridgehead atoms. The molecule has 0 fully saturated rings. The second kappa shape index (κ2) is 7.75. The number of aromatic nitrogens is 1. The van der Waals surface area contributed by atoms with Gasteiger partial charge in [-0.2, -0.15) is 5.26 Å². The fraction of sp³-hybridized carbons (Fsp3) is 0. The average Bonchev–Trinajstić information content (AvgIpc) is 3.19. The summed E-state index contributed by atoms with van der Waals surface area (Å²) >= 11 is 0. The van der Waals surface area contributed by atoms with Gasteiger partial charge in [-0.1, -0.05) is 30.3 Å². The van der Waals surface area contributed by atoms with E-state index in [1.165, 1.54) is 12.1 Å². The first-order valence-electron chi connectivity index (χ1n) is 8.93. The van der Waals surface area contributed by atoms with Crippen LogP contribution in [0.4, 0.5) is 0 Å². The molecule has 0 aliphatic carbocycles. The van der Waals surface area contributed by atoms with E-state index in [-0.39, 0.29) is 5.56 Å². The largest absolute Gasteiger partial charge is 0.478 e. The van der Waals surface area contributed by atoms with Gasteiger partial charge in [-0.05, 0) is 54.1 Å². The molecule has 0 atom stereocenters. The second-order valence-corrected chi connectivity index (χ2v) is 6.40. The number of nitriles is 1. The van der Waals surface area contributed by atoms with Crippen LogP contribution < -0.4 is 4.74 Å². The maximum absolute atomic E-state index is 11.0. The third-order valence-electron chi connectivity index (χ3n) is 4.48. The summed E-state index contributed by atoms with van der Waals surface area (Å²) in [5, 5.41) is 18.6. The summed E-state index contributed by atoms with van der Waals surface area (Å²) in [6, 6.07) is 25.8. The number of benzene rings is 3. The number of aromatic carboxylic acids is 1. The molecule has 0 saturated heterocycles. The van der Waals surface area contributed by atoms with E-state index in [4.69, 9.17) is 9.84 Å². The van der Waals surface area contributed by atoms with Crippen molar-refractivity contribution < 1.29 is 14.6 Å². The zero-order valence-electron chi connectivity index (χ0n) is 15.3. The van der Waals surface area contributed by atoms with Crippen LogP contribution in [0.15, 0.2) is 91.3 Å². The number of ether oxygens (including phenoxy) is 1. The lowest BCUT2D eigenvalue weighted by molar-refractivity contribution is 0.0697. The Morgan fingerprint density at radius 2 is 1.62 bits per heavy atom. The Balaban J connectivity index is 1.68. The molecule has 4 aromatic rings. The monoisotopic (exact) mass is 380 g/mol. The van der Waals surface area contributed by atoms with Crippen molar-refractivity contribution in [2.45, 2.75) is 0 Å². The van der Waals surface area contributed by atoms with Crippen molar-refractivity contribution >= 4 is 5.97 Å². The smallest absolute Gasteiger partial charge is 0.335 e. The first-order valence-corrected chi connectivity index (χ1v) is 8.93. The third-order valence-corrected chi connectivity index (χ3v) is 4.48. The number of rotatable bonds is 5. The van der Waals surface area contributed by atoms with E-state index in [0.29, 0.717) is 11.3 Å². The second-order valence-electron chi connectivity index (χ2n) is 6.40. The van der Waals surface area contributed by atoms with Gasteiger partial charge in [0, 0.05) is 23.6 Å². The average molecular weight is 380 g/mol. The summed E-state index contributed by atoms with van der Waals surface area (Å²) in [6.45, 7) is 0. The van der Waals surface area contributed by atoms with Gasteiger partial charge in [0.25, 0.3) is 0 Å². The summed E-state index contributed by atoms with van der Waals surface area (Å²) < 4.78 is 7.71. The molecule has 0 unspecified atom stereocenters. The molecule has 0 saturated carbocycles. The van der Waals surface area contributed by atoms with Gasteiger partial charge in [0.2, 0.25) is 0 Å². The minimum absolute atomic E-state index is 0.215. The van der Waals surface area contributed by atoms with Crippen LogP contribution in [0.3, 0.4) is 0 Å². The molecule has 0 spiro atoms. The Bertz CT molecular complexity index is 1200. The van der Waals surface area contributed by atoms with Crippen molar-refractivity contribution in [1.82, 2.24) is 4.57 Å². The summed E-state index contributed by atoms with van der Waals surface area (Å²) in [7, 11) is 0. The van der Waals surface area contributed by atoms with Crippen molar-refractivity contribution in [2.75, 3.05) is 0 Å². The van der Waals surface area contributed by atoms with Crippen molar-refractivity contribution in [3.8, 4) is 34.4 Å². The van der Waals surface area contributed by atoms with Gasteiger partial charge < -0.3 is 14.4 Å². The Morgan fingerprint density at radius 3 is 2.31 bits per heavy atom. The van der Waals surface area contributed by atoms with Gasteiger partial charge in [-0.3, -0.25) is 0 Å².